The molecule has 1 fully saturated rings. The van der Waals surface area contributed by atoms with Crippen LogP contribution in [0.25, 0.3) is 11.4 Å². The van der Waals surface area contributed by atoms with Crippen molar-refractivity contribution in [3.63, 3.8) is 0 Å². The number of hydrogen-bond donors (Lipinski definition) is 0. The molecule has 3 heterocycles. The molecule has 0 saturated carbocycles. The van der Waals surface area contributed by atoms with Gasteiger partial charge in [0.05, 0.1) is 17.6 Å². The van der Waals surface area contributed by atoms with Crippen LogP contribution in [-0.2, 0) is 13.5 Å². The summed E-state index contributed by atoms with van der Waals surface area (Å²) >= 11 is 0. The van der Waals surface area contributed by atoms with Crippen LogP contribution in [0.4, 0.5) is 0 Å². The molecule has 0 bridgehead atoms. The molecule has 0 aromatic carbocycles. The number of nitrogens with zero attached hydrogens (tertiary/aromatic N) is 5. The van der Waals surface area contributed by atoms with Crippen LogP contribution in [0.15, 0.2) is 24.7 Å². The third-order valence-electron chi connectivity index (χ3n) is 4.33. The highest BCUT2D eigenvalue weighted by Gasteiger charge is 2.24. The lowest BCUT2D eigenvalue weighted by Gasteiger charge is -2.20. The Morgan fingerprint density at radius 3 is 2.71 bits per heavy atom. The number of hydrogen-bond acceptors (Lipinski definition) is 4. The minimum Gasteiger partial charge on any atom is -0.301 e. The summed E-state index contributed by atoms with van der Waals surface area (Å²) in [7, 11) is 1.92. The zero-order chi connectivity index (χ0) is 14.8. The molecular weight excluding hydrogens is 262 g/mol. The predicted octanol–water partition coefficient (Wildman–Crippen LogP) is 2.15. The van der Waals surface area contributed by atoms with Crippen LogP contribution < -0.4 is 0 Å². The van der Waals surface area contributed by atoms with Crippen LogP contribution in [0.1, 0.15) is 26.0 Å². The normalized spacial score (nSPS) is 19.5. The average Bonchev–Trinajstić information content (AvgIpc) is 3.09. The van der Waals surface area contributed by atoms with E-state index >= 15 is 0 Å². The molecule has 1 aliphatic heterocycles. The van der Waals surface area contributed by atoms with Crippen molar-refractivity contribution in [3.8, 4) is 11.4 Å². The Morgan fingerprint density at radius 1 is 1.29 bits per heavy atom. The molecule has 0 amide bonds. The van der Waals surface area contributed by atoms with Crippen molar-refractivity contribution in [1.82, 2.24) is 24.6 Å². The smallest absolute Gasteiger partial charge is 0.107 e. The second kappa shape index (κ2) is 5.93. The lowest BCUT2D eigenvalue weighted by Crippen LogP contribution is -2.28. The summed E-state index contributed by atoms with van der Waals surface area (Å²) in [6, 6.07) is 2.61. The minimum absolute atomic E-state index is 0.647. The molecule has 0 aliphatic carbocycles. The zero-order valence-electron chi connectivity index (χ0n) is 13.0. The lowest BCUT2D eigenvalue weighted by atomic mass is 10.0. The van der Waals surface area contributed by atoms with E-state index in [0.29, 0.717) is 12.0 Å². The van der Waals surface area contributed by atoms with E-state index in [4.69, 9.17) is 0 Å². The number of aromatic nitrogens is 4. The van der Waals surface area contributed by atoms with Gasteiger partial charge < -0.3 is 4.90 Å². The summed E-state index contributed by atoms with van der Waals surface area (Å²) in [5, 5.41) is 4.17. The van der Waals surface area contributed by atoms with Gasteiger partial charge in [-0.05, 0) is 45.2 Å². The Bertz CT molecular complexity index is 587. The van der Waals surface area contributed by atoms with Crippen molar-refractivity contribution in [1.29, 1.82) is 0 Å². The molecule has 1 atom stereocenters. The summed E-state index contributed by atoms with van der Waals surface area (Å²) in [6.07, 6.45) is 7.86. The van der Waals surface area contributed by atoms with E-state index < -0.39 is 0 Å². The molecule has 1 saturated heterocycles. The maximum absolute atomic E-state index is 4.59. The number of aryl methyl sites for hydroxylation is 1. The topological polar surface area (TPSA) is 46.8 Å². The van der Waals surface area contributed by atoms with Crippen LogP contribution in [0, 0.1) is 5.92 Å². The molecule has 1 aliphatic rings. The van der Waals surface area contributed by atoms with Crippen molar-refractivity contribution in [2.24, 2.45) is 13.0 Å². The molecule has 112 valence electrons. The highest BCUT2D eigenvalue weighted by molar-refractivity contribution is 5.52. The number of likely N-dealkylation sites (tertiary alicyclic amines) is 1. The van der Waals surface area contributed by atoms with Crippen molar-refractivity contribution in [2.45, 2.75) is 32.7 Å². The van der Waals surface area contributed by atoms with Gasteiger partial charge in [0.2, 0.25) is 0 Å². The van der Waals surface area contributed by atoms with Crippen LogP contribution in [0.5, 0.6) is 0 Å². The fourth-order valence-corrected chi connectivity index (χ4v) is 3.01. The lowest BCUT2D eigenvalue weighted by molar-refractivity contribution is 0.264. The maximum atomic E-state index is 4.59. The van der Waals surface area contributed by atoms with Crippen LogP contribution >= 0.6 is 0 Å². The van der Waals surface area contributed by atoms with Gasteiger partial charge in [-0.15, -0.1) is 0 Å². The van der Waals surface area contributed by atoms with Crippen LogP contribution in [0.2, 0.25) is 0 Å². The van der Waals surface area contributed by atoms with Crippen molar-refractivity contribution in [2.75, 3.05) is 13.1 Å². The SMILES string of the molecule is CC(C)N1CC[C@@H](Cc2cnc(-c3ccnn3C)cn2)C1. The third-order valence-corrected chi connectivity index (χ3v) is 4.33. The summed E-state index contributed by atoms with van der Waals surface area (Å²) in [4.78, 5) is 11.7. The van der Waals surface area contributed by atoms with Gasteiger partial charge in [0.25, 0.3) is 0 Å². The zero-order valence-corrected chi connectivity index (χ0v) is 13.0. The predicted molar refractivity (Wildman–Crippen MR) is 82.8 cm³/mol. The molecule has 0 unspecified atom stereocenters. The third kappa shape index (κ3) is 3.13. The quantitative estimate of drug-likeness (QED) is 0.863. The first-order valence-corrected chi connectivity index (χ1v) is 7.67. The highest BCUT2D eigenvalue weighted by atomic mass is 15.3. The second-order valence-corrected chi connectivity index (χ2v) is 6.18. The van der Waals surface area contributed by atoms with Gasteiger partial charge in [-0.2, -0.15) is 5.10 Å². The summed E-state index contributed by atoms with van der Waals surface area (Å²) in [5.41, 5.74) is 2.98. The average molecular weight is 285 g/mol. The Labute approximate surface area is 126 Å². The van der Waals surface area contributed by atoms with Crippen molar-refractivity contribution < 1.29 is 0 Å². The molecule has 2 aromatic heterocycles. The van der Waals surface area contributed by atoms with E-state index in [1.165, 1.54) is 19.5 Å². The Hall–Kier alpha value is -1.75. The Balaban J connectivity index is 1.64. The van der Waals surface area contributed by atoms with E-state index in [2.05, 4.69) is 33.8 Å². The fraction of sp³-hybridized carbons (Fsp3) is 0.562. The molecule has 0 spiro atoms. The highest BCUT2D eigenvalue weighted by Crippen LogP contribution is 2.22. The van der Waals surface area contributed by atoms with E-state index in [1.54, 1.807) is 6.20 Å². The van der Waals surface area contributed by atoms with Gasteiger partial charge in [0.15, 0.2) is 0 Å². The van der Waals surface area contributed by atoms with Gasteiger partial charge >= 0.3 is 0 Å². The molecule has 5 nitrogen and oxygen atoms in total. The van der Waals surface area contributed by atoms with E-state index in [1.807, 2.05) is 30.2 Å². The largest absolute Gasteiger partial charge is 0.301 e. The molecule has 0 N–H and O–H groups in total. The van der Waals surface area contributed by atoms with Crippen molar-refractivity contribution >= 4 is 0 Å². The van der Waals surface area contributed by atoms with E-state index in [0.717, 1.165) is 23.5 Å². The monoisotopic (exact) mass is 285 g/mol. The standard InChI is InChI=1S/C16H23N5/c1-12(2)21-7-5-13(11-21)8-14-9-18-15(10-17-14)16-4-6-19-20(16)3/h4,6,9-10,12-13H,5,7-8,11H2,1-3H3/t13-/m0/s1. The molecular formula is C16H23N5. The molecule has 0 radical (unpaired) electrons. The van der Waals surface area contributed by atoms with E-state index in [9.17, 15) is 0 Å². The van der Waals surface area contributed by atoms with Crippen LogP contribution in [-0.4, -0.2) is 43.8 Å². The van der Waals surface area contributed by atoms with Gasteiger partial charge in [-0.3, -0.25) is 14.6 Å². The van der Waals surface area contributed by atoms with Crippen LogP contribution in [0.3, 0.4) is 0 Å². The maximum Gasteiger partial charge on any atom is 0.107 e. The van der Waals surface area contributed by atoms with Gasteiger partial charge in [0.1, 0.15) is 5.69 Å². The molecule has 21 heavy (non-hydrogen) atoms. The first-order valence-electron chi connectivity index (χ1n) is 7.67. The number of rotatable bonds is 4. The molecule has 5 heteroatoms. The summed E-state index contributed by atoms with van der Waals surface area (Å²) in [5.74, 6) is 0.712. The minimum atomic E-state index is 0.647. The van der Waals surface area contributed by atoms with Crippen molar-refractivity contribution in [3.05, 3.63) is 30.4 Å². The first-order chi connectivity index (χ1) is 10.1. The van der Waals surface area contributed by atoms with Gasteiger partial charge in [-0.1, -0.05) is 0 Å². The Morgan fingerprint density at radius 2 is 2.14 bits per heavy atom. The summed E-state index contributed by atoms with van der Waals surface area (Å²) < 4.78 is 1.82. The molecule has 3 rings (SSSR count). The molecule has 2 aromatic rings. The second-order valence-electron chi connectivity index (χ2n) is 6.18. The van der Waals surface area contributed by atoms with E-state index in [-0.39, 0.29) is 0 Å². The first kappa shape index (κ1) is 14.2. The fourth-order valence-electron chi connectivity index (χ4n) is 3.01. The van der Waals surface area contributed by atoms with Gasteiger partial charge in [0, 0.05) is 32.0 Å². The van der Waals surface area contributed by atoms with Gasteiger partial charge in [-0.25, -0.2) is 0 Å². The Kier molecular flexibility index (Phi) is 4.01. The summed E-state index contributed by atoms with van der Waals surface area (Å²) in [6.45, 7) is 6.93.